The topological polar surface area (TPSA) is 52.6 Å². The number of aliphatic hydroxyl groups excluding tert-OH is 1. The fraction of sp³-hybridized carbons (Fsp3) is 0.909. The maximum absolute atomic E-state index is 11.8. The van der Waals surface area contributed by atoms with Crippen molar-refractivity contribution in [3.63, 3.8) is 0 Å². The molecule has 0 aromatic heterocycles. The van der Waals surface area contributed by atoms with Gasteiger partial charge in [0, 0.05) is 32.2 Å². The third-order valence-electron chi connectivity index (χ3n) is 2.27. The number of hydrogen-bond acceptors (Lipinski definition) is 3. The van der Waals surface area contributed by atoms with Gasteiger partial charge >= 0.3 is 0 Å². The summed E-state index contributed by atoms with van der Waals surface area (Å²) in [5.41, 5.74) is 0. The van der Waals surface area contributed by atoms with E-state index in [4.69, 9.17) is 5.11 Å². The second-order valence-corrected chi connectivity index (χ2v) is 3.86. The molecule has 0 aliphatic rings. The predicted octanol–water partition coefficient (Wildman–Crippen LogP) is 0.605. The molecule has 4 heteroatoms. The second-order valence-electron chi connectivity index (χ2n) is 3.86. The molecule has 2 N–H and O–H groups in total. The predicted molar refractivity (Wildman–Crippen MR) is 61.7 cm³/mol. The van der Waals surface area contributed by atoms with Gasteiger partial charge in [-0.3, -0.25) is 4.79 Å². The highest BCUT2D eigenvalue weighted by atomic mass is 16.3. The van der Waals surface area contributed by atoms with Gasteiger partial charge < -0.3 is 15.3 Å². The molecular weight excluding hydrogens is 192 g/mol. The quantitative estimate of drug-likeness (QED) is 0.584. The number of carbonyl (C=O) groups excluding carboxylic acids is 1. The molecule has 0 saturated heterocycles. The molecule has 0 heterocycles. The van der Waals surface area contributed by atoms with Crippen molar-refractivity contribution in [3.8, 4) is 0 Å². The van der Waals surface area contributed by atoms with Crippen LogP contribution >= 0.6 is 0 Å². The van der Waals surface area contributed by atoms with Crippen LogP contribution in [-0.2, 0) is 4.79 Å². The monoisotopic (exact) mass is 216 g/mol. The molecule has 0 bridgehead atoms. The molecule has 0 aromatic rings. The van der Waals surface area contributed by atoms with E-state index in [2.05, 4.69) is 5.32 Å². The summed E-state index contributed by atoms with van der Waals surface area (Å²) >= 11 is 0. The highest BCUT2D eigenvalue weighted by Crippen LogP contribution is 2.02. The van der Waals surface area contributed by atoms with Crippen molar-refractivity contribution in [1.29, 1.82) is 0 Å². The van der Waals surface area contributed by atoms with E-state index in [0.717, 1.165) is 13.1 Å². The third kappa shape index (κ3) is 6.47. The maximum atomic E-state index is 11.8. The van der Waals surface area contributed by atoms with Crippen LogP contribution in [0.3, 0.4) is 0 Å². The number of nitrogens with one attached hydrogen (secondary N) is 1. The van der Waals surface area contributed by atoms with Gasteiger partial charge in [-0.2, -0.15) is 0 Å². The average Bonchev–Trinajstić information content (AvgIpc) is 2.18. The minimum absolute atomic E-state index is 0.143. The Morgan fingerprint density at radius 3 is 2.60 bits per heavy atom. The van der Waals surface area contributed by atoms with Crippen molar-refractivity contribution in [2.45, 2.75) is 39.7 Å². The molecule has 0 aromatic carbocycles. The number of rotatable bonds is 8. The second kappa shape index (κ2) is 8.68. The van der Waals surface area contributed by atoms with Crippen LogP contribution in [0.25, 0.3) is 0 Å². The Hall–Kier alpha value is -0.610. The molecule has 90 valence electrons. The lowest BCUT2D eigenvalue weighted by Gasteiger charge is -2.26. The zero-order valence-corrected chi connectivity index (χ0v) is 10.1. The normalized spacial score (nSPS) is 10.7. The Balaban J connectivity index is 3.93. The van der Waals surface area contributed by atoms with Crippen LogP contribution in [-0.4, -0.2) is 48.2 Å². The highest BCUT2D eigenvalue weighted by molar-refractivity contribution is 5.76. The molecule has 0 fully saturated rings. The van der Waals surface area contributed by atoms with E-state index in [1.54, 1.807) is 0 Å². The van der Waals surface area contributed by atoms with Gasteiger partial charge in [0.05, 0.1) is 0 Å². The summed E-state index contributed by atoms with van der Waals surface area (Å²) in [4.78, 5) is 13.6. The summed E-state index contributed by atoms with van der Waals surface area (Å²) in [6, 6.07) is 0.214. The molecule has 0 saturated carbocycles. The molecule has 4 nitrogen and oxygen atoms in total. The van der Waals surface area contributed by atoms with Crippen LogP contribution in [0.15, 0.2) is 0 Å². The number of amides is 1. The van der Waals surface area contributed by atoms with Crippen LogP contribution in [0.5, 0.6) is 0 Å². The molecule has 0 aliphatic heterocycles. The first-order valence-electron chi connectivity index (χ1n) is 5.74. The first-order valence-corrected chi connectivity index (χ1v) is 5.74. The largest absolute Gasteiger partial charge is 0.396 e. The number of nitrogens with zero attached hydrogens (tertiary/aromatic N) is 1. The zero-order valence-electron chi connectivity index (χ0n) is 10.1. The molecule has 0 rings (SSSR count). The van der Waals surface area contributed by atoms with Gasteiger partial charge in [-0.25, -0.2) is 0 Å². The summed E-state index contributed by atoms with van der Waals surface area (Å²) in [7, 11) is 0. The Bertz CT molecular complexity index is 172. The Morgan fingerprint density at radius 2 is 2.13 bits per heavy atom. The third-order valence-corrected chi connectivity index (χ3v) is 2.27. The lowest BCUT2D eigenvalue weighted by atomic mass is 10.2. The maximum Gasteiger partial charge on any atom is 0.224 e. The Morgan fingerprint density at radius 1 is 1.47 bits per heavy atom. The Labute approximate surface area is 92.7 Å². The van der Waals surface area contributed by atoms with E-state index in [0.29, 0.717) is 19.4 Å². The summed E-state index contributed by atoms with van der Waals surface area (Å²) in [5.74, 6) is 0.166. The standard InChI is InChI=1S/C11H24N2O2/c1-4-12-7-6-11(15)13(10(2)3)8-5-9-14/h10,12,14H,4-9H2,1-3H3. The van der Waals surface area contributed by atoms with Crippen LogP contribution < -0.4 is 5.32 Å². The molecule has 0 aliphatic carbocycles. The minimum Gasteiger partial charge on any atom is -0.396 e. The van der Waals surface area contributed by atoms with E-state index in [-0.39, 0.29) is 18.6 Å². The molecule has 0 radical (unpaired) electrons. The van der Waals surface area contributed by atoms with Crippen molar-refractivity contribution in [2.24, 2.45) is 0 Å². The summed E-state index contributed by atoms with van der Waals surface area (Å²) in [5, 5.41) is 11.9. The molecule has 0 atom stereocenters. The van der Waals surface area contributed by atoms with Crippen LogP contribution in [0.1, 0.15) is 33.6 Å². The zero-order chi connectivity index (χ0) is 11.7. The Kier molecular flexibility index (Phi) is 8.33. The molecular formula is C11H24N2O2. The molecule has 0 spiro atoms. The van der Waals surface area contributed by atoms with Crippen molar-refractivity contribution in [2.75, 3.05) is 26.2 Å². The van der Waals surface area contributed by atoms with E-state index < -0.39 is 0 Å². The number of carbonyl (C=O) groups is 1. The minimum atomic E-state index is 0.143. The summed E-state index contributed by atoms with van der Waals surface area (Å²) < 4.78 is 0. The van der Waals surface area contributed by atoms with E-state index in [1.165, 1.54) is 0 Å². The van der Waals surface area contributed by atoms with Crippen LogP contribution in [0, 0.1) is 0 Å². The number of hydrogen-bond donors (Lipinski definition) is 2. The van der Waals surface area contributed by atoms with Crippen LogP contribution in [0.4, 0.5) is 0 Å². The molecule has 0 unspecified atom stereocenters. The van der Waals surface area contributed by atoms with E-state index in [1.807, 2.05) is 25.7 Å². The van der Waals surface area contributed by atoms with Gasteiger partial charge in [-0.15, -0.1) is 0 Å². The van der Waals surface area contributed by atoms with Gasteiger partial charge in [0.2, 0.25) is 5.91 Å². The first kappa shape index (κ1) is 14.4. The van der Waals surface area contributed by atoms with Crippen LogP contribution in [0.2, 0.25) is 0 Å². The molecule has 15 heavy (non-hydrogen) atoms. The lowest BCUT2D eigenvalue weighted by molar-refractivity contribution is -0.132. The van der Waals surface area contributed by atoms with Gasteiger partial charge in [-0.05, 0) is 26.8 Å². The van der Waals surface area contributed by atoms with Crippen molar-refractivity contribution >= 4 is 5.91 Å². The average molecular weight is 216 g/mol. The van der Waals surface area contributed by atoms with Crippen molar-refractivity contribution < 1.29 is 9.90 Å². The molecule has 1 amide bonds. The smallest absolute Gasteiger partial charge is 0.224 e. The van der Waals surface area contributed by atoms with E-state index >= 15 is 0 Å². The fourth-order valence-electron chi connectivity index (χ4n) is 1.43. The first-order chi connectivity index (χ1) is 7.13. The SMILES string of the molecule is CCNCCC(=O)N(CCCO)C(C)C. The summed E-state index contributed by atoms with van der Waals surface area (Å²) in [6.07, 6.45) is 1.20. The van der Waals surface area contributed by atoms with Gasteiger partial charge in [0.15, 0.2) is 0 Å². The lowest BCUT2D eigenvalue weighted by Crippen LogP contribution is -2.39. The number of aliphatic hydroxyl groups is 1. The van der Waals surface area contributed by atoms with Gasteiger partial charge in [0.25, 0.3) is 0 Å². The van der Waals surface area contributed by atoms with Gasteiger partial charge in [-0.1, -0.05) is 6.92 Å². The summed E-state index contributed by atoms with van der Waals surface area (Å²) in [6.45, 7) is 8.45. The fourth-order valence-corrected chi connectivity index (χ4v) is 1.43. The van der Waals surface area contributed by atoms with Crippen molar-refractivity contribution in [3.05, 3.63) is 0 Å². The van der Waals surface area contributed by atoms with Gasteiger partial charge in [0.1, 0.15) is 0 Å². The van der Waals surface area contributed by atoms with Crippen molar-refractivity contribution in [1.82, 2.24) is 10.2 Å². The highest BCUT2D eigenvalue weighted by Gasteiger charge is 2.15. The van der Waals surface area contributed by atoms with E-state index in [9.17, 15) is 4.79 Å².